The first-order valence-corrected chi connectivity index (χ1v) is 8.96. The number of Topliss-reactive ketones (excluding diaryl/α,β-unsaturated/α-hetero) is 1. The molecule has 0 aliphatic heterocycles. The second-order valence-electron chi connectivity index (χ2n) is 5.25. The highest BCUT2D eigenvalue weighted by atomic mass is 32.2. The van der Waals surface area contributed by atoms with Crippen molar-refractivity contribution in [3.63, 3.8) is 0 Å². The van der Waals surface area contributed by atoms with E-state index < -0.39 is 16.0 Å². The normalized spacial score (nSPS) is 11.3. The van der Waals surface area contributed by atoms with E-state index >= 15 is 0 Å². The van der Waals surface area contributed by atoms with Crippen molar-refractivity contribution in [3.05, 3.63) is 47.3 Å². The molecule has 0 saturated carbocycles. The molecule has 0 saturated heterocycles. The second kappa shape index (κ2) is 8.04. The Kier molecular flexibility index (Phi) is 6.05. The van der Waals surface area contributed by atoms with Crippen molar-refractivity contribution in [1.82, 2.24) is 9.88 Å². The molecule has 0 aliphatic rings. The number of carbonyl (C=O) groups excluding carboxylic acids is 2. The van der Waals surface area contributed by atoms with Crippen LogP contribution in [0.2, 0.25) is 0 Å². The zero-order valence-corrected chi connectivity index (χ0v) is 14.6. The lowest BCUT2D eigenvalue weighted by Crippen LogP contribution is -2.28. The number of sulfonamides is 1. The van der Waals surface area contributed by atoms with Gasteiger partial charge in [0.25, 0.3) is 0 Å². The lowest BCUT2D eigenvalue weighted by molar-refractivity contribution is -0.142. The zero-order chi connectivity index (χ0) is 18.4. The lowest BCUT2D eigenvalue weighted by Gasteiger charge is -2.07. The number of carbonyl (C=O) groups is 2. The Morgan fingerprint density at radius 3 is 2.48 bits per heavy atom. The van der Waals surface area contributed by atoms with E-state index in [0.29, 0.717) is 5.56 Å². The number of ketones is 1. The molecule has 0 aliphatic carbocycles. The van der Waals surface area contributed by atoms with E-state index in [-0.39, 0.29) is 41.7 Å². The van der Waals surface area contributed by atoms with Crippen LogP contribution in [0.15, 0.2) is 39.8 Å². The maximum absolute atomic E-state index is 12.2. The SMILES string of the molecule is Cc1noc(C)c1S(=O)(=O)NCCC(=O)OCC(=O)c1ccccc1. The number of benzene rings is 1. The van der Waals surface area contributed by atoms with Crippen molar-refractivity contribution in [2.45, 2.75) is 25.2 Å². The molecule has 0 fully saturated rings. The molecule has 1 heterocycles. The molecule has 1 aromatic heterocycles. The summed E-state index contributed by atoms with van der Waals surface area (Å²) < 4.78 is 36.3. The van der Waals surface area contributed by atoms with Crippen LogP contribution >= 0.6 is 0 Å². The number of esters is 1. The summed E-state index contributed by atoms with van der Waals surface area (Å²) in [5.74, 6) is -0.836. The Bertz CT molecular complexity index is 839. The number of aryl methyl sites for hydroxylation is 2. The van der Waals surface area contributed by atoms with Gasteiger partial charge in [-0.1, -0.05) is 35.5 Å². The molecule has 1 N–H and O–H groups in total. The van der Waals surface area contributed by atoms with Crippen LogP contribution in [0.4, 0.5) is 0 Å². The number of ether oxygens (including phenoxy) is 1. The van der Waals surface area contributed by atoms with Gasteiger partial charge in [-0.2, -0.15) is 0 Å². The predicted molar refractivity (Wildman–Crippen MR) is 87.5 cm³/mol. The smallest absolute Gasteiger partial charge is 0.307 e. The van der Waals surface area contributed by atoms with Gasteiger partial charge in [-0.25, -0.2) is 13.1 Å². The summed E-state index contributed by atoms with van der Waals surface area (Å²) in [5.41, 5.74) is 0.676. The number of hydrogen-bond acceptors (Lipinski definition) is 7. The molecular weight excluding hydrogens is 348 g/mol. The van der Waals surface area contributed by atoms with Crippen molar-refractivity contribution in [3.8, 4) is 0 Å². The van der Waals surface area contributed by atoms with Crippen molar-refractivity contribution in [2.75, 3.05) is 13.2 Å². The molecule has 0 atom stereocenters. The Morgan fingerprint density at radius 1 is 1.20 bits per heavy atom. The molecule has 0 bridgehead atoms. The van der Waals surface area contributed by atoms with Crippen LogP contribution in [0.5, 0.6) is 0 Å². The molecule has 2 aromatic rings. The zero-order valence-electron chi connectivity index (χ0n) is 13.8. The first kappa shape index (κ1) is 18.8. The van der Waals surface area contributed by atoms with E-state index in [2.05, 4.69) is 9.88 Å². The van der Waals surface area contributed by atoms with Gasteiger partial charge in [0.05, 0.1) is 6.42 Å². The quantitative estimate of drug-likeness (QED) is 0.554. The summed E-state index contributed by atoms with van der Waals surface area (Å²) >= 11 is 0. The maximum atomic E-state index is 12.2. The van der Waals surface area contributed by atoms with E-state index in [1.54, 1.807) is 30.3 Å². The second-order valence-corrected chi connectivity index (χ2v) is 6.95. The minimum absolute atomic E-state index is 0.0416. The molecule has 0 spiro atoms. The first-order chi connectivity index (χ1) is 11.8. The summed E-state index contributed by atoms with van der Waals surface area (Å²) in [4.78, 5) is 23.4. The molecule has 8 nitrogen and oxygen atoms in total. The van der Waals surface area contributed by atoms with Crippen LogP contribution in [0, 0.1) is 13.8 Å². The molecule has 9 heteroatoms. The summed E-state index contributed by atoms with van der Waals surface area (Å²) in [6.07, 6.45) is -0.204. The van der Waals surface area contributed by atoms with Crippen LogP contribution in [-0.2, 0) is 19.6 Å². The highest BCUT2D eigenvalue weighted by molar-refractivity contribution is 7.89. The minimum Gasteiger partial charge on any atom is -0.457 e. The third-order valence-corrected chi connectivity index (χ3v) is 5.02. The highest BCUT2D eigenvalue weighted by Gasteiger charge is 2.24. The summed E-state index contributed by atoms with van der Waals surface area (Å²) in [5, 5.41) is 3.58. The molecule has 0 unspecified atom stereocenters. The van der Waals surface area contributed by atoms with E-state index in [9.17, 15) is 18.0 Å². The third-order valence-electron chi connectivity index (χ3n) is 3.32. The molecule has 0 amide bonds. The van der Waals surface area contributed by atoms with Crippen molar-refractivity contribution in [2.24, 2.45) is 0 Å². The average Bonchev–Trinajstić information content (AvgIpc) is 2.92. The summed E-state index contributed by atoms with van der Waals surface area (Å²) in [6.45, 7) is 2.44. The fraction of sp³-hybridized carbons (Fsp3) is 0.312. The van der Waals surface area contributed by atoms with Crippen LogP contribution in [0.1, 0.15) is 28.2 Å². The van der Waals surface area contributed by atoms with Crippen LogP contribution in [0.25, 0.3) is 0 Å². The van der Waals surface area contributed by atoms with Gasteiger partial charge in [-0.15, -0.1) is 0 Å². The average molecular weight is 366 g/mol. The summed E-state index contributed by atoms with van der Waals surface area (Å²) in [6, 6.07) is 8.42. The Morgan fingerprint density at radius 2 is 1.88 bits per heavy atom. The number of nitrogens with zero attached hydrogens (tertiary/aromatic N) is 1. The minimum atomic E-state index is -3.83. The number of rotatable bonds is 8. The lowest BCUT2D eigenvalue weighted by atomic mass is 10.1. The molecule has 1 aromatic carbocycles. The van der Waals surface area contributed by atoms with E-state index in [4.69, 9.17) is 9.26 Å². The Balaban J connectivity index is 1.80. The maximum Gasteiger partial charge on any atom is 0.307 e. The highest BCUT2D eigenvalue weighted by Crippen LogP contribution is 2.18. The van der Waals surface area contributed by atoms with Gasteiger partial charge < -0.3 is 9.26 Å². The van der Waals surface area contributed by atoms with Crippen LogP contribution in [0.3, 0.4) is 0 Å². The Labute approximate surface area is 145 Å². The van der Waals surface area contributed by atoms with Gasteiger partial charge in [0.2, 0.25) is 10.0 Å². The van der Waals surface area contributed by atoms with Gasteiger partial charge in [-0.3, -0.25) is 9.59 Å². The van der Waals surface area contributed by atoms with Gasteiger partial charge in [0, 0.05) is 12.1 Å². The van der Waals surface area contributed by atoms with Gasteiger partial charge in [0.15, 0.2) is 18.2 Å². The monoisotopic (exact) mass is 366 g/mol. The first-order valence-electron chi connectivity index (χ1n) is 7.47. The van der Waals surface area contributed by atoms with Crippen molar-refractivity contribution < 1.29 is 27.3 Å². The standard InChI is InChI=1S/C16H18N2O6S/c1-11-16(12(2)24-18-11)25(21,22)17-9-8-15(20)23-10-14(19)13-6-4-3-5-7-13/h3-7,17H,8-10H2,1-2H3. The van der Waals surface area contributed by atoms with E-state index in [0.717, 1.165) is 0 Å². The summed E-state index contributed by atoms with van der Waals surface area (Å²) in [7, 11) is -3.83. The topological polar surface area (TPSA) is 116 Å². The van der Waals surface area contributed by atoms with Crippen LogP contribution in [-0.4, -0.2) is 38.5 Å². The molecule has 134 valence electrons. The van der Waals surface area contributed by atoms with E-state index in [1.807, 2.05) is 0 Å². The Hall–Kier alpha value is -2.52. The third kappa shape index (κ3) is 4.97. The molecule has 25 heavy (non-hydrogen) atoms. The number of aromatic nitrogens is 1. The van der Waals surface area contributed by atoms with E-state index in [1.165, 1.54) is 13.8 Å². The van der Waals surface area contributed by atoms with Crippen LogP contribution < -0.4 is 4.72 Å². The van der Waals surface area contributed by atoms with Gasteiger partial charge in [0.1, 0.15) is 10.6 Å². The molecule has 0 radical (unpaired) electrons. The molecule has 2 rings (SSSR count). The number of hydrogen-bond donors (Lipinski definition) is 1. The predicted octanol–water partition coefficient (Wildman–Crippen LogP) is 1.39. The molecular formula is C16H18N2O6S. The fourth-order valence-electron chi connectivity index (χ4n) is 2.14. The van der Waals surface area contributed by atoms with Gasteiger partial charge in [-0.05, 0) is 13.8 Å². The number of nitrogens with one attached hydrogen (secondary N) is 1. The van der Waals surface area contributed by atoms with Crippen molar-refractivity contribution >= 4 is 21.8 Å². The largest absolute Gasteiger partial charge is 0.457 e. The van der Waals surface area contributed by atoms with Gasteiger partial charge >= 0.3 is 5.97 Å². The van der Waals surface area contributed by atoms with Crippen molar-refractivity contribution in [1.29, 1.82) is 0 Å². The fourth-order valence-corrected chi connectivity index (χ4v) is 3.50.